The summed E-state index contributed by atoms with van der Waals surface area (Å²) in [4.78, 5) is 25.7. The predicted molar refractivity (Wildman–Crippen MR) is 54.7 cm³/mol. The Kier molecular flexibility index (Phi) is 1.66. The van der Waals surface area contributed by atoms with Crippen molar-refractivity contribution in [3.63, 3.8) is 0 Å². The Morgan fingerprint density at radius 1 is 1.43 bits per heavy atom. The summed E-state index contributed by atoms with van der Waals surface area (Å²) in [6, 6.07) is 6.94. The van der Waals surface area contributed by atoms with Gasteiger partial charge in [0.15, 0.2) is 11.7 Å². The van der Waals surface area contributed by atoms with Gasteiger partial charge < -0.3 is 4.98 Å². The molecule has 0 saturated carbocycles. The molecule has 0 amide bonds. The Balaban J connectivity index is 2.97. The van der Waals surface area contributed by atoms with Crippen LogP contribution in [0.3, 0.4) is 0 Å². The average Bonchev–Trinajstić information content (AvgIpc) is 2.17. The number of benzene rings is 1. The third-order valence-corrected chi connectivity index (χ3v) is 2.20. The zero-order valence-electron chi connectivity index (χ0n) is 8.63. The number of aromatic amines is 1. The molecule has 3 nitrogen and oxygen atoms in total. The van der Waals surface area contributed by atoms with E-state index in [0.717, 1.165) is 0 Å². The van der Waals surface area contributed by atoms with Gasteiger partial charge in [-0.1, -0.05) is 12.1 Å². The summed E-state index contributed by atoms with van der Waals surface area (Å²) >= 11 is 0. The van der Waals surface area contributed by atoms with Crippen molar-refractivity contribution in [1.82, 2.24) is 4.98 Å². The molecule has 0 radical (unpaired) electrons. The van der Waals surface area contributed by atoms with Gasteiger partial charge in [-0.2, -0.15) is 0 Å². The highest BCUT2D eigenvalue weighted by atomic mass is 16.1. The van der Waals surface area contributed by atoms with Gasteiger partial charge in [-0.25, -0.2) is 0 Å². The number of para-hydroxylation sites is 1. The highest BCUT2D eigenvalue weighted by molar-refractivity contribution is 5.86. The van der Waals surface area contributed by atoms with E-state index < -0.39 is 6.26 Å². The summed E-state index contributed by atoms with van der Waals surface area (Å²) in [7, 11) is 0. The minimum absolute atomic E-state index is 0.0753. The quantitative estimate of drug-likeness (QED) is 0.693. The van der Waals surface area contributed by atoms with Gasteiger partial charge in [0.2, 0.25) is 0 Å². The number of carbonyl (C=O) groups is 1. The molecule has 1 N–H and O–H groups in total. The first-order valence-corrected chi connectivity index (χ1v) is 4.24. The summed E-state index contributed by atoms with van der Waals surface area (Å²) in [6.07, 6.45) is -0.945. The molecule has 1 heterocycles. The van der Waals surface area contributed by atoms with Crippen LogP contribution in [0.4, 0.5) is 0 Å². The lowest BCUT2D eigenvalue weighted by molar-refractivity contribution is 0.112. The number of H-pyrrole nitrogens is 1. The number of aryl methyl sites for hydroxylation is 1. The molecular weight excluding hydrogens is 178 g/mol. The fraction of sp³-hybridized carbons (Fsp3) is 0.0909. The molecular formula is C11H9NO2. The Labute approximate surface area is 81.8 Å². The average molecular weight is 189 g/mol. The van der Waals surface area contributed by atoms with Crippen molar-refractivity contribution in [1.29, 1.82) is 0 Å². The van der Waals surface area contributed by atoms with Gasteiger partial charge in [-0.15, -0.1) is 0 Å². The Hall–Kier alpha value is -1.90. The lowest BCUT2D eigenvalue weighted by Crippen LogP contribution is -2.12. The van der Waals surface area contributed by atoms with Crippen LogP contribution in [0.5, 0.6) is 0 Å². The molecule has 0 saturated heterocycles. The molecule has 0 fully saturated rings. The number of hydrogen-bond donors (Lipinski definition) is 1. The van der Waals surface area contributed by atoms with Crippen molar-refractivity contribution in [2.24, 2.45) is 0 Å². The van der Waals surface area contributed by atoms with E-state index in [-0.39, 0.29) is 11.0 Å². The number of fused-ring (bicyclic) bond motifs is 1. The molecule has 0 bridgehead atoms. The second kappa shape index (κ2) is 3.10. The third-order valence-electron chi connectivity index (χ3n) is 2.20. The highest BCUT2D eigenvalue weighted by Gasteiger charge is 2.06. The standard InChI is InChI=1S/C11H9NO2/c1-7-9(6-13)11(14)8-4-2-3-5-10(8)12-7/h2-6H,1H3,(H,12,14)/i6T. The maximum atomic E-state index is 11.8. The van der Waals surface area contributed by atoms with Gasteiger partial charge in [0.1, 0.15) is 1.37 Å². The van der Waals surface area contributed by atoms with Crippen LogP contribution in [0.1, 0.15) is 17.4 Å². The second-order valence-corrected chi connectivity index (χ2v) is 3.10. The lowest BCUT2D eigenvalue weighted by Gasteiger charge is -2.01. The number of pyridine rings is 1. The summed E-state index contributed by atoms with van der Waals surface area (Å²) in [5, 5.41) is 0.443. The van der Waals surface area contributed by atoms with Crippen LogP contribution in [0.2, 0.25) is 0 Å². The molecule has 1 aromatic heterocycles. The topological polar surface area (TPSA) is 49.9 Å². The van der Waals surface area contributed by atoms with E-state index >= 15 is 0 Å². The zero-order chi connectivity index (χ0) is 11.0. The van der Waals surface area contributed by atoms with Crippen molar-refractivity contribution < 1.29 is 6.17 Å². The Morgan fingerprint density at radius 3 is 2.86 bits per heavy atom. The number of aldehydes is 1. The predicted octanol–water partition coefficient (Wildman–Crippen LogP) is 1.65. The van der Waals surface area contributed by atoms with E-state index in [1.54, 1.807) is 31.2 Å². The van der Waals surface area contributed by atoms with Crippen LogP contribution in [0, 0.1) is 6.92 Å². The highest BCUT2D eigenvalue weighted by Crippen LogP contribution is 2.08. The smallest absolute Gasteiger partial charge is 0.200 e. The van der Waals surface area contributed by atoms with Gasteiger partial charge in [0.25, 0.3) is 0 Å². The molecule has 0 atom stereocenters. The molecule has 14 heavy (non-hydrogen) atoms. The van der Waals surface area contributed by atoms with E-state index in [4.69, 9.17) is 1.37 Å². The largest absolute Gasteiger partial charge is 0.358 e. The molecule has 1 aromatic carbocycles. The van der Waals surface area contributed by atoms with Gasteiger partial charge >= 0.3 is 0 Å². The summed E-state index contributed by atoms with van der Waals surface area (Å²) in [5.74, 6) is 0. The van der Waals surface area contributed by atoms with Crippen molar-refractivity contribution in [3.8, 4) is 0 Å². The minimum Gasteiger partial charge on any atom is -0.358 e. The number of hydrogen-bond acceptors (Lipinski definition) is 2. The molecule has 0 spiro atoms. The van der Waals surface area contributed by atoms with Crippen molar-refractivity contribution in [2.75, 3.05) is 0 Å². The molecule has 2 rings (SSSR count). The van der Waals surface area contributed by atoms with Crippen LogP contribution >= 0.6 is 0 Å². The molecule has 0 aliphatic carbocycles. The van der Waals surface area contributed by atoms with Gasteiger partial charge in [0.05, 0.1) is 5.56 Å². The number of carbonyl (C=O) groups excluding carboxylic acids is 1. The van der Waals surface area contributed by atoms with Crippen LogP contribution in [-0.4, -0.2) is 11.2 Å². The molecule has 0 unspecified atom stereocenters. The van der Waals surface area contributed by atoms with Gasteiger partial charge in [-0.05, 0) is 19.1 Å². The molecule has 0 aliphatic heterocycles. The lowest BCUT2D eigenvalue weighted by atomic mass is 10.1. The van der Waals surface area contributed by atoms with Crippen molar-refractivity contribution >= 4 is 17.2 Å². The maximum Gasteiger partial charge on any atom is 0.200 e. The fourth-order valence-electron chi connectivity index (χ4n) is 1.48. The summed E-state index contributed by atoms with van der Waals surface area (Å²) in [6.45, 7) is 1.62. The van der Waals surface area contributed by atoms with Crippen LogP contribution in [0.25, 0.3) is 10.9 Å². The minimum atomic E-state index is -0.945. The summed E-state index contributed by atoms with van der Waals surface area (Å²) in [5.41, 5.74) is 0.680. The van der Waals surface area contributed by atoms with Crippen LogP contribution < -0.4 is 5.43 Å². The number of aromatic nitrogens is 1. The monoisotopic (exact) mass is 189 g/mol. The normalized spacial score (nSPS) is 11.4. The second-order valence-electron chi connectivity index (χ2n) is 3.10. The van der Waals surface area contributed by atoms with E-state index in [9.17, 15) is 9.59 Å². The summed E-state index contributed by atoms with van der Waals surface area (Å²) < 4.78 is 7.02. The zero-order valence-corrected chi connectivity index (χ0v) is 7.63. The number of rotatable bonds is 1. The molecule has 70 valence electrons. The molecule has 3 heteroatoms. The van der Waals surface area contributed by atoms with Crippen LogP contribution in [0.15, 0.2) is 29.1 Å². The maximum absolute atomic E-state index is 11.8. The first-order chi connectivity index (χ1) is 7.11. The van der Waals surface area contributed by atoms with Crippen molar-refractivity contribution in [3.05, 3.63) is 45.7 Å². The first-order valence-electron chi connectivity index (χ1n) is 4.74. The SMILES string of the molecule is [3H]C(=O)c1c(C)[nH]c2ccccc2c1=O. The number of nitrogens with one attached hydrogen (secondary N) is 1. The molecule has 2 aromatic rings. The third kappa shape index (κ3) is 1.14. The van der Waals surface area contributed by atoms with E-state index in [1.807, 2.05) is 0 Å². The van der Waals surface area contributed by atoms with Crippen LogP contribution in [-0.2, 0) is 0 Å². The van der Waals surface area contributed by atoms with E-state index in [1.165, 1.54) is 0 Å². The van der Waals surface area contributed by atoms with E-state index in [2.05, 4.69) is 4.98 Å². The Morgan fingerprint density at radius 2 is 2.14 bits per heavy atom. The van der Waals surface area contributed by atoms with E-state index in [0.29, 0.717) is 16.6 Å². The Bertz CT molecular complexity index is 601. The first kappa shape index (κ1) is 7.50. The molecule has 0 aliphatic rings. The fourth-order valence-corrected chi connectivity index (χ4v) is 1.48. The van der Waals surface area contributed by atoms with Gasteiger partial charge in [0, 0.05) is 16.6 Å². The van der Waals surface area contributed by atoms with Gasteiger partial charge in [-0.3, -0.25) is 9.59 Å². The van der Waals surface area contributed by atoms with Crippen molar-refractivity contribution in [2.45, 2.75) is 6.92 Å².